The summed E-state index contributed by atoms with van der Waals surface area (Å²) >= 11 is 7.06. The first kappa shape index (κ1) is 15.0. The average Bonchev–Trinajstić information content (AvgIpc) is 3.13. The summed E-state index contributed by atoms with van der Waals surface area (Å²) in [4.78, 5) is 30.2. The van der Waals surface area contributed by atoms with Gasteiger partial charge in [0.2, 0.25) is 5.91 Å². The molecular weight excluding hydrogens is 322 g/mol. The van der Waals surface area contributed by atoms with E-state index in [4.69, 9.17) is 11.6 Å². The summed E-state index contributed by atoms with van der Waals surface area (Å²) in [6, 6.07) is 7.06. The molecule has 1 saturated heterocycles. The number of carbonyl (C=O) groups is 2. The van der Waals surface area contributed by atoms with E-state index in [0.29, 0.717) is 34.5 Å². The molecule has 0 saturated carbocycles. The number of rotatable bonds is 4. The van der Waals surface area contributed by atoms with Gasteiger partial charge in [-0.05, 0) is 36.2 Å². The second-order valence-corrected chi connectivity index (χ2v) is 6.67. The minimum atomic E-state index is -0.160. The highest BCUT2D eigenvalue weighted by molar-refractivity contribution is 7.17. The van der Waals surface area contributed by atoms with E-state index in [1.165, 1.54) is 11.3 Å². The maximum atomic E-state index is 12.0. The van der Waals surface area contributed by atoms with E-state index in [1.807, 2.05) is 12.1 Å². The molecule has 7 heteroatoms. The van der Waals surface area contributed by atoms with E-state index in [2.05, 4.69) is 10.3 Å². The van der Waals surface area contributed by atoms with Crippen LogP contribution in [0.25, 0.3) is 0 Å². The number of nitrogens with zero attached hydrogens (tertiary/aromatic N) is 2. The topological polar surface area (TPSA) is 62.3 Å². The van der Waals surface area contributed by atoms with Crippen molar-refractivity contribution in [2.45, 2.75) is 19.4 Å². The SMILES string of the molecule is O=C(NCc1ccnc(N2CCCC2=O)c1)c1ccc(Cl)s1. The van der Waals surface area contributed by atoms with Gasteiger partial charge in [0, 0.05) is 25.7 Å². The largest absolute Gasteiger partial charge is 0.347 e. The summed E-state index contributed by atoms with van der Waals surface area (Å²) < 4.78 is 0.587. The van der Waals surface area contributed by atoms with Crippen molar-refractivity contribution in [1.29, 1.82) is 0 Å². The van der Waals surface area contributed by atoms with Crippen LogP contribution < -0.4 is 10.2 Å². The molecule has 5 nitrogen and oxygen atoms in total. The molecule has 0 aromatic carbocycles. The molecule has 1 fully saturated rings. The summed E-state index contributed by atoms with van der Waals surface area (Å²) in [5.41, 5.74) is 0.903. The van der Waals surface area contributed by atoms with Gasteiger partial charge in [-0.15, -0.1) is 11.3 Å². The van der Waals surface area contributed by atoms with Crippen molar-refractivity contribution >= 4 is 40.6 Å². The summed E-state index contributed by atoms with van der Waals surface area (Å²) in [6.45, 7) is 1.08. The molecule has 1 aliphatic heterocycles. The number of hydrogen-bond donors (Lipinski definition) is 1. The number of pyridine rings is 1. The van der Waals surface area contributed by atoms with Crippen LogP contribution in [0.2, 0.25) is 4.34 Å². The Hall–Kier alpha value is -1.92. The quantitative estimate of drug-likeness (QED) is 0.934. The van der Waals surface area contributed by atoms with E-state index in [0.717, 1.165) is 12.0 Å². The molecule has 22 heavy (non-hydrogen) atoms. The Balaban J connectivity index is 1.65. The van der Waals surface area contributed by atoms with Gasteiger partial charge in [0.1, 0.15) is 5.82 Å². The molecule has 3 heterocycles. The second kappa shape index (κ2) is 6.46. The first-order chi connectivity index (χ1) is 10.6. The predicted octanol–water partition coefficient (Wildman–Crippen LogP) is 2.85. The number of nitrogens with one attached hydrogen (secondary N) is 1. The summed E-state index contributed by atoms with van der Waals surface area (Å²) in [5, 5.41) is 2.84. The third-order valence-electron chi connectivity index (χ3n) is 3.41. The van der Waals surface area contributed by atoms with Crippen LogP contribution >= 0.6 is 22.9 Å². The first-order valence-electron chi connectivity index (χ1n) is 6.92. The predicted molar refractivity (Wildman–Crippen MR) is 86.3 cm³/mol. The van der Waals surface area contributed by atoms with Crippen molar-refractivity contribution in [1.82, 2.24) is 10.3 Å². The molecule has 0 atom stereocenters. The van der Waals surface area contributed by atoms with Crippen LogP contribution in [-0.4, -0.2) is 23.3 Å². The van der Waals surface area contributed by atoms with Gasteiger partial charge in [-0.25, -0.2) is 4.98 Å². The van der Waals surface area contributed by atoms with E-state index < -0.39 is 0 Å². The molecule has 0 aliphatic carbocycles. The van der Waals surface area contributed by atoms with Crippen molar-refractivity contribution in [3.8, 4) is 0 Å². The fraction of sp³-hybridized carbons (Fsp3) is 0.267. The van der Waals surface area contributed by atoms with Crippen molar-refractivity contribution in [2.75, 3.05) is 11.4 Å². The molecular formula is C15H14ClN3O2S. The summed E-state index contributed by atoms with van der Waals surface area (Å²) in [5.74, 6) is 0.586. The highest BCUT2D eigenvalue weighted by Gasteiger charge is 2.22. The highest BCUT2D eigenvalue weighted by Crippen LogP contribution is 2.22. The molecule has 3 rings (SSSR count). The van der Waals surface area contributed by atoms with Crippen molar-refractivity contribution in [3.63, 3.8) is 0 Å². The molecule has 0 radical (unpaired) electrons. The van der Waals surface area contributed by atoms with Crippen LogP contribution in [0, 0.1) is 0 Å². The Labute approximate surface area is 136 Å². The maximum absolute atomic E-state index is 12.0. The molecule has 2 amide bonds. The Morgan fingerprint density at radius 2 is 2.27 bits per heavy atom. The van der Waals surface area contributed by atoms with Crippen LogP contribution in [0.5, 0.6) is 0 Å². The molecule has 1 N–H and O–H groups in total. The zero-order chi connectivity index (χ0) is 15.5. The standard InChI is InChI=1S/C15H14ClN3O2S/c16-12-4-3-11(22-12)15(21)18-9-10-5-6-17-13(8-10)19-7-1-2-14(19)20/h3-6,8H,1-2,7,9H2,(H,18,21). The lowest BCUT2D eigenvalue weighted by molar-refractivity contribution is -0.117. The Bertz CT molecular complexity index is 716. The third kappa shape index (κ3) is 3.28. The van der Waals surface area contributed by atoms with E-state index in [9.17, 15) is 9.59 Å². The Morgan fingerprint density at radius 3 is 2.95 bits per heavy atom. The van der Waals surface area contributed by atoms with E-state index >= 15 is 0 Å². The number of halogens is 1. The molecule has 114 valence electrons. The van der Waals surface area contributed by atoms with Crippen LogP contribution in [0.1, 0.15) is 28.1 Å². The number of anilines is 1. The lowest BCUT2D eigenvalue weighted by atomic mass is 10.2. The van der Waals surface area contributed by atoms with Crippen molar-refractivity contribution < 1.29 is 9.59 Å². The van der Waals surface area contributed by atoms with E-state index in [-0.39, 0.29) is 11.8 Å². The minimum absolute atomic E-state index is 0.0990. The van der Waals surface area contributed by atoms with Crippen molar-refractivity contribution in [2.24, 2.45) is 0 Å². The Morgan fingerprint density at radius 1 is 1.41 bits per heavy atom. The van der Waals surface area contributed by atoms with Crippen molar-refractivity contribution in [3.05, 3.63) is 45.2 Å². The lowest BCUT2D eigenvalue weighted by Gasteiger charge is -2.15. The van der Waals surface area contributed by atoms with Crippen LogP contribution in [-0.2, 0) is 11.3 Å². The minimum Gasteiger partial charge on any atom is -0.347 e. The zero-order valence-electron chi connectivity index (χ0n) is 11.7. The summed E-state index contributed by atoms with van der Waals surface area (Å²) in [7, 11) is 0. The Kier molecular flexibility index (Phi) is 4.40. The van der Waals surface area contributed by atoms with Gasteiger partial charge in [-0.1, -0.05) is 11.6 Å². The molecule has 2 aromatic rings. The van der Waals surface area contributed by atoms with Gasteiger partial charge in [-0.2, -0.15) is 0 Å². The van der Waals surface area contributed by atoms with E-state index in [1.54, 1.807) is 23.2 Å². The number of thiophene rings is 1. The number of amides is 2. The van der Waals surface area contributed by atoms with Gasteiger partial charge in [0.25, 0.3) is 5.91 Å². The number of hydrogen-bond acceptors (Lipinski definition) is 4. The number of carbonyl (C=O) groups excluding carboxylic acids is 2. The molecule has 2 aromatic heterocycles. The highest BCUT2D eigenvalue weighted by atomic mass is 35.5. The van der Waals surface area contributed by atoms with Crippen LogP contribution in [0.4, 0.5) is 5.82 Å². The average molecular weight is 336 g/mol. The number of aromatic nitrogens is 1. The van der Waals surface area contributed by atoms with Gasteiger partial charge >= 0.3 is 0 Å². The molecule has 0 bridgehead atoms. The molecule has 1 aliphatic rings. The smallest absolute Gasteiger partial charge is 0.261 e. The van der Waals surface area contributed by atoms with Gasteiger partial charge in [-0.3, -0.25) is 14.5 Å². The fourth-order valence-corrected chi connectivity index (χ4v) is 3.27. The van der Waals surface area contributed by atoms with Crippen LogP contribution in [0.15, 0.2) is 30.5 Å². The van der Waals surface area contributed by atoms with Gasteiger partial charge in [0.05, 0.1) is 9.21 Å². The fourth-order valence-electron chi connectivity index (χ4n) is 2.31. The monoisotopic (exact) mass is 335 g/mol. The normalized spacial score (nSPS) is 14.4. The molecule has 0 spiro atoms. The summed E-state index contributed by atoms with van der Waals surface area (Å²) in [6.07, 6.45) is 3.09. The van der Waals surface area contributed by atoms with Gasteiger partial charge < -0.3 is 5.32 Å². The lowest BCUT2D eigenvalue weighted by Crippen LogP contribution is -2.25. The second-order valence-electron chi connectivity index (χ2n) is 4.96. The third-order valence-corrected chi connectivity index (χ3v) is 4.64. The first-order valence-corrected chi connectivity index (χ1v) is 8.12. The zero-order valence-corrected chi connectivity index (χ0v) is 13.3. The van der Waals surface area contributed by atoms with Crippen LogP contribution in [0.3, 0.4) is 0 Å². The van der Waals surface area contributed by atoms with Gasteiger partial charge in [0.15, 0.2) is 0 Å². The maximum Gasteiger partial charge on any atom is 0.261 e. The molecule has 0 unspecified atom stereocenters.